The number of aromatic hydroxyl groups is 1. The minimum absolute atomic E-state index is 0.345. The van der Waals surface area contributed by atoms with Gasteiger partial charge in [0.15, 0.2) is 0 Å². The molecule has 0 saturated heterocycles. The van der Waals surface area contributed by atoms with E-state index in [9.17, 15) is 5.11 Å². The molecule has 0 spiro atoms. The predicted octanol–water partition coefficient (Wildman–Crippen LogP) is 3.35. The zero-order valence-electron chi connectivity index (χ0n) is 11.7. The molecule has 0 aliphatic heterocycles. The fourth-order valence-corrected chi connectivity index (χ4v) is 3.01. The lowest BCUT2D eigenvalue weighted by Crippen LogP contribution is -2.39. The summed E-state index contributed by atoms with van der Waals surface area (Å²) in [4.78, 5) is 0. The third kappa shape index (κ3) is 3.26. The van der Waals surface area contributed by atoms with E-state index in [-0.39, 0.29) is 0 Å². The minimum Gasteiger partial charge on any atom is -0.508 e. The van der Waals surface area contributed by atoms with Crippen molar-refractivity contribution in [2.45, 2.75) is 52.1 Å². The molecule has 1 aliphatic rings. The second kappa shape index (κ2) is 5.75. The lowest BCUT2D eigenvalue weighted by atomic mass is 9.96. The Morgan fingerprint density at radius 1 is 1.22 bits per heavy atom. The van der Waals surface area contributed by atoms with Crippen LogP contribution in [0.4, 0.5) is 0 Å². The summed E-state index contributed by atoms with van der Waals surface area (Å²) in [5.41, 5.74) is 1.28. The zero-order valence-corrected chi connectivity index (χ0v) is 11.7. The molecule has 0 aromatic heterocycles. The second-order valence-electron chi connectivity index (χ2n) is 5.96. The van der Waals surface area contributed by atoms with Crippen LogP contribution in [-0.4, -0.2) is 17.2 Å². The van der Waals surface area contributed by atoms with Gasteiger partial charge < -0.3 is 10.4 Å². The molecule has 0 heterocycles. The molecule has 1 aliphatic carbocycles. The molecule has 4 atom stereocenters. The van der Waals surface area contributed by atoms with Crippen molar-refractivity contribution in [3.8, 4) is 5.75 Å². The van der Waals surface area contributed by atoms with Crippen molar-refractivity contribution >= 4 is 0 Å². The Labute approximate surface area is 110 Å². The quantitative estimate of drug-likeness (QED) is 0.855. The van der Waals surface area contributed by atoms with Crippen LogP contribution in [0.1, 0.15) is 39.2 Å². The molecular weight excluding hydrogens is 222 g/mol. The van der Waals surface area contributed by atoms with Gasteiger partial charge in [0, 0.05) is 12.1 Å². The summed E-state index contributed by atoms with van der Waals surface area (Å²) in [6.45, 7) is 6.97. The summed E-state index contributed by atoms with van der Waals surface area (Å²) >= 11 is 0. The first-order chi connectivity index (χ1) is 8.56. The summed E-state index contributed by atoms with van der Waals surface area (Å²) in [6, 6.07) is 8.71. The van der Waals surface area contributed by atoms with Gasteiger partial charge in [-0.05, 0) is 55.7 Å². The fourth-order valence-electron chi connectivity index (χ4n) is 3.01. The third-order valence-corrected chi connectivity index (χ3v) is 4.44. The molecule has 1 aromatic carbocycles. The standard InChI is InChI=1S/C16H25NO/c1-11-4-9-16(13(11)3)17-12(2)10-14-5-7-15(18)8-6-14/h5-8,11-13,16-18H,4,9-10H2,1-3H3. The molecule has 100 valence electrons. The van der Waals surface area contributed by atoms with E-state index in [4.69, 9.17) is 0 Å². The van der Waals surface area contributed by atoms with Gasteiger partial charge in [-0.25, -0.2) is 0 Å². The zero-order chi connectivity index (χ0) is 13.1. The molecule has 2 rings (SSSR count). The third-order valence-electron chi connectivity index (χ3n) is 4.44. The SMILES string of the molecule is CC(Cc1ccc(O)cc1)NC1CCC(C)C1C. The lowest BCUT2D eigenvalue weighted by molar-refractivity contribution is 0.343. The monoisotopic (exact) mass is 247 g/mol. The Bertz CT molecular complexity index is 373. The molecular formula is C16H25NO. The van der Waals surface area contributed by atoms with E-state index in [1.807, 2.05) is 12.1 Å². The molecule has 2 nitrogen and oxygen atoms in total. The fraction of sp³-hybridized carbons (Fsp3) is 0.625. The minimum atomic E-state index is 0.345. The Morgan fingerprint density at radius 2 is 1.89 bits per heavy atom. The molecule has 18 heavy (non-hydrogen) atoms. The van der Waals surface area contributed by atoms with Gasteiger partial charge >= 0.3 is 0 Å². The first kappa shape index (κ1) is 13.4. The van der Waals surface area contributed by atoms with Crippen LogP contribution < -0.4 is 5.32 Å². The number of hydrogen-bond acceptors (Lipinski definition) is 2. The maximum absolute atomic E-state index is 9.27. The molecule has 0 amide bonds. The van der Waals surface area contributed by atoms with Crippen molar-refractivity contribution in [1.82, 2.24) is 5.32 Å². The first-order valence-corrected chi connectivity index (χ1v) is 7.10. The number of phenols is 1. The van der Waals surface area contributed by atoms with Crippen molar-refractivity contribution in [3.63, 3.8) is 0 Å². The smallest absolute Gasteiger partial charge is 0.115 e. The average molecular weight is 247 g/mol. The molecule has 1 fully saturated rings. The van der Waals surface area contributed by atoms with Crippen LogP contribution in [0.5, 0.6) is 5.75 Å². The molecule has 1 aromatic rings. The summed E-state index contributed by atoms with van der Waals surface area (Å²) < 4.78 is 0. The Morgan fingerprint density at radius 3 is 2.44 bits per heavy atom. The molecule has 2 heteroatoms. The van der Waals surface area contributed by atoms with Gasteiger partial charge in [-0.3, -0.25) is 0 Å². The van der Waals surface area contributed by atoms with Crippen molar-refractivity contribution in [2.75, 3.05) is 0 Å². The molecule has 0 bridgehead atoms. The highest BCUT2D eigenvalue weighted by Gasteiger charge is 2.30. The number of rotatable bonds is 4. The maximum Gasteiger partial charge on any atom is 0.115 e. The van der Waals surface area contributed by atoms with Gasteiger partial charge in [-0.15, -0.1) is 0 Å². The van der Waals surface area contributed by atoms with Crippen molar-refractivity contribution in [2.24, 2.45) is 11.8 Å². The van der Waals surface area contributed by atoms with E-state index in [0.717, 1.165) is 18.3 Å². The molecule has 4 unspecified atom stereocenters. The van der Waals surface area contributed by atoms with Crippen LogP contribution >= 0.6 is 0 Å². The van der Waals surface area contributed by atoms with Crippen molar-refractivity contribution in [1.29, 1.82) is 0 Å². The number of hydrogen-bond donors (Lipinski definition) is 2. The Hall–Kier alpha value is -1.02. The van der Waals surface area contributed by atoms with E-state index in [0.29, 0.717) is 17.8 Å². The van der Waals surface area contributed by atoms with Crippen LogP contribution in [0.3, 0.4) is 0 Å². The van der Waals surface area contributed by atoms with E-state index in [2.05, 4.69) is 26.1 Å². The predicted molar refractivity (Wildman–Crippen MR) is 75.8 cm³/mol. The largest absolute Gasteiger partial charge is 0.508 e. The highest BCUT2D eigenvalue weighted by Crippen LogP contribution is 2.31. The van der Waals surface area contributed by atoms with Crippen LogP contribution in [-0.2, 0) is 6.42 Å². The van der Waals surface area contributed by atoms with Crippen LogP contribution in [0.2, 0.25) is 0 Å². The van der Waals surface area contributed by atoms with E-state index >= 15 is 0 Å². The summed E-state index contributed by atoms with van der Waals surface area (Å²) in [6.07, 6.45) is 3.69. The first-order valence-electron chi connectivity index (χ1n) is 7.10. The van der Waals surface area contributed by atoms with Crippen LogP contribution in [0.25, 0.3) is 0 Å². The maximum atomic E-state index is 9.27. The topological polar surface area (TPSA) is 32.3 Å². The summed E-state index contributed by atoms with van der Waals surface area (Å²) in [5, 5.41) is 13.0. The second-order valence-corrected chi connectivity index (χ2v) is 5.96. The van der Waals surface area contributed by atoms with Crippen molar-refractivity contribution in [3.05, 3.63) is 29.8 Å². The number of phenolic OH excluding ortho intramolecular Hbond substituents is 1. The molecule has 0 radical (unpaired) electrons. The summed E-state index contributed by atoms with van der Waals surface area (Å²) in [7, 11) is 0. The van der Waals surface area contributed by atoms with Gasteiger partial charge in [0.05, 0.1) is 0 Å². The van der Waals surface area contributed by atoms with Gasteiger partial charge in [0.25, 0.3) is 0 Å². The normalized spacial score (nSPS) is 29.4. The number of benzene rings is 1. The van der Waals surface area contributed by atoms with Crippen molar-refractivity contribution < 1.29 is 5.11 Å². The highest BCUT2D eigenvalue weighted by molar-refractivity contribution is 5.26. The van der Waals surface area contributed by atoms with Gasteiger partial charge in [0.1, 0.15) is 5.75 Å². The van der Waals surface area contributed by atoms with Gasteiger partial charge in [0.2, 0.25) is 0 Å². The van der Waals surface area contributed by atoms with E-state index in [1.165, 1.54) is 18.4 Å². The van der Waals surface area contributed by atoms with Gasteiger partial charge in [-0.2, -0.15) is 0 Å². The summed E-state index contributed by atoms with van der Waals surface area (Å²) in [5.74, 6) is 1.98. The Kier molecular flexibility index (Phi) is 4.28. The highest BCUT2D eigenvalue weighted by atomic mass is 16.3. The average Bonchev–Trinajstić information content (AvgIpc) is 2.64. The lowest BCUT2D eigenvalue weighted by Gasteiger charge is -2.24. The Balaban J connectivity index is 1.85. The van der Waals surface area contributed by atoms with E-state index in [1.54, 1.807) is 12.1 Å². The molecule has 1 saturated carbocycles. The van der Waals surface area contributed by atoms with Crippen LogP contribution in [0, 0.1) is 11.8 Å². The van der Waals surface area contributed by atoms with E-state index < -0.39 is 0 Å². The number of nitrogens with one attached hydrogen (secondary N) is 1. The molecule has 2 N–H and O–H groups in total. The van der Waals surface area contributed by atoms with Crippen LogP contribution in [0.15, 0.2) is 24.3 Å². The van der Waals surface area contributed by atoms with Gasteiger partial charge in [-0.1, -0.05) is 26.0 Å².